The Kier molecular flexibility index (Phi) is 2.82. The monoisotopic (exact) mass is 274 g/mol. The number of pyridine rings is 1. The summed E-state index contributed by atoms with van der Waals surface area (Å²) in [4.78, 5) is 4.64. The Bertz CT molecular complexity index is 754. The summed E-state index contributed by atoms with van der Waals surface area (Å²) in [5.74, 6) is 0. The molecule has 0 fully saturated rings. The minimum atomic E-state index is 0.703. The van der Waals surface area contributed by atoms with Crippen molar-refractivity contribution in [2.45, 2.75) is 27.3 Å². The molecule has 0 spiro atoms. The zero-order chi connectivity index (χ0) is 13.6. The summed E-state index contributed by atoms with van der Waals surface area (Å²) in [7, 11) is 0. The van der Waals surface area contributed by atoms with Crippen molar-refractivity contribution in [1.82, 2.24) is 19.2 Å². The molecule has 0 radical (unpaired) electrons. The van der Waals surface area contributed by atoms with E-state index < -0.39 is 0 Å². The summed E-state index contributed by atoms with van der Waals surface area (Å²) < 4.78 is 3.95. The van der Waals surface area contributed by atoms with Crippen molar-refractivity contribution in [2.75, 3.05) is 0 Å². The zero-order valence-corrected chi connectivity index (χ0v) is 11.9. The second-order valence-corrected chi connectivity index (χ2v) is 5.04. The lowest BCUT2D eigenvalue weighted by Crippen LogP contribution is -1.98. The molecule has 3 aromatic heterocycles. The number of hydrogen-bond acceptors (Lipinski definition) is 2. The van der Waals surface area contributed by atoms with Crippen molar-refractivity contribution in [3.63, 3.8) is 0 Å². The molecular formula is C14H15ClN4. The van der Waals surface area contributed by atoms with E-state index in [0.717, 1.165) is 34.8 Å². The zero-order valence-electron chi connectivity index (χ0n) is 11.2. The quantitative estimate of drug-likeness (QED) is 0.717. The van der Waals surface area contributed by atoms with Gasteiger partial charge in [0.2, 0.25) is 0 Å². The average molecular weight is 275 g/mol. The smallest absolute Gasteiger partial charge is 0.137 e. The fourth-order valence-electron chi connectivity index (χ4n) is 2.46. The van der Waals surface area contributed by atoms with Gasteiger partial charge in [-0.2, -0.15) is 5.10 Å². The summed E-state index contributed by atoms with van der Waals surface area (Å²) in [5, 5.41) is 5.24. The van der Waals surface area contributed by atoms with E-state index in [-0.39, 0.29) is 0 Å². The van der Waals surface area contributed by atoms with Gasteiger partial charge in [-0.1, -0.05) is 11.6 Å². The van der Waals surface area contributed by atoms with Gasteiger partial charge in [-0.3, -0.25) is 4.68 Å². The van der Waals surface area contributed by atoms with E-state index in [4.69, 9.17) is 11.6 Å². The molecule has 0 aliphatic heterocycles. The molecule has 98 valence electrons. The third-order valence-electron chi connectivity index (χ3n) is 3.35. The highest BCUT2D eigenvalue weighted by molar-refractivity contribution is 6.30. The predicted molar refractivity (Wildman–Crippen MR) is 76.6 cm³/mol. The highest BCUT2D eigenvalue weighted by atomic mass is 35.5. The van der Waals surface area contributed by atoms with Crippen molar-refractivity contribution in [3.05, 3.63) is 40.9 Å². The third kappa shape index (κ3) is 1.92. The Hall–Kier alpha value is -1.81. The number of aromatic nitrogens is 4. The number of nitrogens with zero attached hydrogens (tertiary/aromatic N) is 4. The van der Waals surface area contributed by atoms with E-state index in [0.29, 0.717) is 5.02 Å². The molecule has 3 rings (SSSR count). The molecule has 0 aliphatic carbocycles. The molecule has 4 nitrogen and oxygen atoms in total. The van der Waals surface area contributed by atoms with E-state index in [9.17, 15) is 0 Å². The van der Waals surface area contributed by atoms with Gasteiger partial charge in [0, 0.05) is 30.2 Å². The summed E-state index contributed by atoms with van der Waals surface area (Å²) >= 11 is 6.00. The van der Waals surface area contributed by atoms with E-state index in [2.05, 4.69) is 23.9 Å². The first kappa shape index (κ1) is 12.2. The van der Waals surface area contributed by atoms with Crippen molar-refractivity contribution in [2.24, 2.45) is 0 Å². The van der Waals surface area contributed by atoms with Crippen LogP contribution in [0.5, 0.6) is 0 Å². The van der Waals surface area contributed by atoms with Crippen LogP contribution in [0.4, 0.5) is 0 Å². The van der Waals surface area contributed by atoms with Crippen LogP contribution >= 0.6 is 11.6 Å². The molecule has 0 unspecified atom stereocenters. The topological polar surface area (TPSA) is 35.1 Å². The molecule has 0 amide bonds. The van der Waals surface area contributed by atoms with Gasteiger partial charge in [0.25, 0.3) is 0 Å². The second-order valence-electron chi connectivity index (χ2n) is 4.60. The predicted octanol–water partition coefficient (Wildman–Crippen LogP) is 3.49. The summed E-state index contributed by atoms with van der Waals surface area (Å²) in [5.41, 5.74) is 5.10. The number of fused-ring (bicyclic) bond motifs is 1. The fourth-order valence-corrected chi connectivity index (χ4v) is 2.63. The number of rotatable bonds is 2. The van der Waals surface area contributed by atoms with E-state index >= 15 is 0 Å². The highest BCUT2D eigenvalue weighted by Crippen LogP contribution is 2.26. The lowest BCUT2D eigenvalue weighted by Gasteiger charge is -1.99. The Morgan fingerprint density at radius 2 is 2.00 bits per heavy atom. The Morgan fingerprint density at radius 3 is 2.68 bits per heavy atom. The van der Waals surface area contributed by atoms with Crippen molar-refractivity contribution in [3.8, 4) is 11.3 Å². The van der Waals surface area contributed by atoms with Gasteiger partial charge in [0.15, 0.2) is 0 Å². The van der Waals surface area contributed by atoms with E-state index in [1.807, 2.05) is 40.5 Å². The summed E-state index contributed by atoms with van der Waals surface area (Å²) in [6.45, 7) is 7.06. The molecule has 3 heterocycles. The minimum Gasteiger partial charge on any atom is -0.305 e. The van der Waals surface area contributed by atoms with Gasteiger partial charge in [0.05, 0.1) is 16.4 Å². The van der Waals surface area contributed by atoms with Crippen LogP contribution in [-0.4, -0.2) is 19.2 Å². The van der Waals surface area contributed by atoms with Crippen LogP contribution in [0.1, 0.15) is 18.3 Å². The Labute approximate surface area is 116 Å². The number of aryl methyl sites for hydroxylation is 2. The maximum Gasteiger partial charge on any atom is 0.137 e. The number of hydrogen-bond donors (Lipinski definition) is 0. The molecule has 0 atom stereocenters. The molecule has 0 saturated heterocycles. The maximum atomic E-state index is 6.00. The third-order valence-corrected chi connectivity index (χ3v) is 3.58. The molecule has 0 saturated carbocycles. The van der Waals surface area contributed by atoms with Gasteiger partial charge in [-0.25, -0.2) is 4.98 Å². The number of halogens is 1. The van der Waals surface area contributed by atoms with Crippen LogP contribution in [0.25, 0.3) is 16.9 Å². The first-order chi connectivity index (χ1) is 9.10. The van der Waals surface area contributed by atoms with Crippen LogP contribution in [-0.2, 0) is 6.54 Å². The normalized spacial score (nSPS) is 11.4. The molecule has 5 heteroatoms. The van der Waals surface area contributed by atoms with Crippen LogP contribution in [0.15, 0.2) is 24.5 Å². The van der Waals surface area contributed by atoms with Crippen LogP contribution in [0.3, 0.4) is 0 Å². The van der Waals surface area contributed by atoms with Gasteiger partial charge in [-0.15, -0.1) is 0 Å². The average Bonchev–Trinajstić information content (AvgIpc) is 2.89. The fraction of sp³-hybridized carbons (Fsp3) is 0.286. The molecule has 0 aliphatic rings. The van der Waals surface area contributed by atoms with E-state index in [1.54, 1.807) is 0 Å². The number of imidazole rings is 1. The molecule has 3 aromatic rings. The van der Waals surface area contributed by atoms with Crippen LogP contribution in [0, 0.1) is 13.8 Å². The van der Waals surface area contributed by atoms with Gasteiger partial charge < -0.3 is 4.40 Å². The summed E-state index contributed by atoms with van der Waals surface area (Å²) in [6.07, 6.45) is 3.86. The molecular weight excluding hydrogens is 260 g/mol. The molecule has 0 N–H and O–H groups in total. The minimum absolute atomic E-state index is 0.703. The molecule has 19 heavy (non-hydrogen) atoms. The lowest BCUT2D eigenvalue weighted by molar-refractivity contribution is 0.634. The highest BCUT2D eigenvalue weighted by Gasteiger charge is 2.15. The van der Waals surface area contributed by atoms with Gasteiger partial charge in [0.1, 0.15) is 5.65 Å². The largest absolute Gasteiger partial charge is 0.305 e. The molecule has 0 aromatic carbocycles. The van der Waals surface area contributed by atoms with Crippen LogP contribution in [0.2, 0.25) is 5.02 Å². The van der Waals surface area contributed by atoms with Crippen molar-refractivity contribution in [1.29, 1.82) is 0 Å². The SMILES string of the molecule is CCn1nc(C)c(-c2cn3cc(Cl)ccc3n2)c1C. The van der Waals surface area contributed by atoms with E-state index in [1.165, 1.54) is 0 Å². The van der Waals surface area contributed by atoms with Crippen molar-refractivity contribution < 1.29 is 0 Å². The Morgan fingerprint density at radius 1 is 1.21 bits per heavy atom. The standard InChI is InChI=1S/C14H15ClN4/c1-4-19-10(3)14(9(2)17-19)12-8-18-7-11(15)5-6-13(18)16-12/h5-8H,4H2,1-3H3. The lowest BCUT2D eigenvalue weighted by atomic mass is 10.1. The van der Waals surface area contributed by atoms with Gasteiger partial charge >= 0.3 is 0 Å². The van der Waals surface area contributed by atoms with Gasteiger partial charge in [-0.05, 0) is 32.9 Å². The summed E-state index contributed by atoms with van der Waals surface area (Å²) in [6, 6.07) is 3.77. The molecule has 0 bridgehead atoms. The Balaban J connectivity index is 2.21. The van der Waals surface area contributed by atoms with Crippen molar-refractivity contribution >= 4 is 17.2 Å². The first-order valence-corrected chi connectivity index (χ1v) is 6.66. The second kappa shape index (κ2) is 4.38. The maximum absolute atomic E-state index is 6.00. The first-order valence-electron chi connectivity index (χ1n) is 6.28. The van der Waals surface area contributed by atoms with Crippen LogP contribution < -0.4 is 0 Å².